The van der Waals surface area contributed by atoms with Crippen molar-refractivity contribution < 1.29 is 86.7 Å². The zero-order valence-electron chi connectivity index (χ0n) is 22.0. The Balaban J connectivity index is 0.000000658. The Morgan fingerprint density at radius 2 is 1.15 bits per heavy atom. The maximum absolute atomic E-state index is 8.49. The number of rotatable bonds is 4. The second kappa shape index (κ2) is 17.2. The van der Waals surface area contributed by atoms with E-state index in [2.05, 4.69) is 69.1 Å². The summed E-state index contributed by atoms with van der Waals surface area (Å²) in [7, 11) is -9.89. The molecule has 0 aliphatic carbocycles. The Morgan fingerprint density at radius 3 is 1.54 bits per heavy atom. The molecule has 0 fully saturated rings. The number of halogens is 2. The van der Waals surface area contributed by atoms with Crippen LogP contribution in [-0.4, -0.2) is 37.1 Å². The second-order valence-corrected chi connectivity index (χ2v) is 10.2. The predicted octanol–water partition coefficient (Wildman–Crippen LogP) is -4.65. The predicted molar refractivity (Wildman–Crippen MR) is 115 cm³/mol. The molecular formula is C24H30Cl2N2O10Zn. The molecule has 212 valence electrons. The molecular weight excluding hydrogens is 613 g/mol. The molecule has 4 rings (SSSR count). The van der Waals surface area contributed by atoms with Crippen LogP contribution in [0.1, 0.15) is 31.9 Å². The van der Waals surface area contributed by atoms with Gasteiger partial charge in [-0.2, -0.15) is 0 Å². The topological polar surface area (TPSA) is 228 Å². The van der Waals surface area contributed by atoms with Crippen molar-refractivity contribution >= 4 is 11.8 Å². The van der Waals surface area contributed by atoms with Crippen LogP contribution in [0.25, 0.3) is 0 Å². The smallest absolute Gasteiger partial charge is 0.478 e. The summed E-state index contributed by atoms with van der Waals surface area (Å²) in [5.41, 5.74) is 2.23. The van der Waals surface area contributed by atoms with Crippen LogP contribution in [0.2, 0.25) is 0 Å². The van der Waals surface area contributed by atoms with Crippen molar-refractivity contribution in [2.24, 2.45) is 15.4 Å². The van der Waals surface area contributed by atoms with Crippen LogP contribution >= 0.6 is 0 Å². The summed E-state index contributed by atoms with van der Waals surface area (Å²) in [5, 5.41) is 0. The SMILES string of the molecule is C[C@H]1COC(C(C)(C)C2=N[C@@H](Cc3ccccc3)CO2)=N1.Cc1ccccc1.[O-][Cl+3]([O-])([O-])[O-].[O-][Cl+3]([O-])([O-])[O-].[Zn+2]. The Morgan fingerprint density at radius 1 is 0.744 bits per heavy atom. The first kappa shape index (κ1) is 37.3. The minimum absolute atomic E-state index is 0. The van der Waals surface area contributed by atoms with Gasteiger partial charge in [-0.1, -0.05) is 66.2 Å². The number of benzene rings is 2. The van der Waals surface area contributed by atoms with E-state index in [1.54, 1.807) is 0 Å². The molecule has 39 heavy (non-hydrogen) atoms. The maximum Gasteiger partial charge on any atom is 2.00 e. The third-order valence-corrected chi connectivity index (χ3v) is 4.84. The van der Waals surface area contributed by atoms with Gasteiger partial charge >= 0.3 is 19.5 Å². The number of nitrogens with zero attached hydrogens (tertiary/aromatic N) is 2. The van der Waals surface area contributed by atoms with Crippen molar-refractivity contribution in [3.8, 4) is 0 Å². The van der Waals surface area contributed by atoms with Gasteiger partial charge in [0.25, 0.3) is 0 Å². The fourth-order valence-corrected chi connectivity index (χ4v) is 3.19. The molecule has 2 atom stereocenters. The molecule has 15 heteroatoms. The van der Waals surface area contributed by atoms with Gasteiger partial charge < -0.3 is 9.47 Å². The van der Waals surface area contributed by atoms with E-state index in [-0.39, 0.29) is 37.0 Å². The van der Waals surface area contributed by atoms with Gasteiger partial charge in [0.05, 0.1) is 12.1 Å². The number of hydrogen-bond donors (Lipinski definition) is 0. The van der Waals surface area contributed by atoms with Gasteiger partial charge in [-0.15, -0.1) is 20.5 Å². The summed E-state index contributed by atoms with van der Waals surface area (Å²) in [6, 6.07) is 21.1. The molecule has 0 amide bonds. The van der Waals surface area contributed by atoms with Gasteiger partial charge in [0, 0.05) is 0 Å². The molecule has 2 aromatic carbocycles. The number of ether oxygens (including phenoxy) is 2. The van der Waals surface area contributed by atoms with E-state index in [1.165, 1.54) is 11.1 Å². The van der Waals surface area contributed by atoms with Crippen molar-refractivity contribution in [2.75, 3.05) is 13.2 Å². The first-order valence-electron chi connectivity index (χ1n) is 11.2. The van der Waals surface area contributed by atoms with Gasteiger partial charge in [0.15, 0.2) is 11.8 Å². The van der Waals surface area contributed by atoms with E-state index in [0.29, 0.717) is 13.2 Å². The maximum atomic E-state index is 8.49. The van der Waals surface area contributed by atoms with Crippen molar-refractivity contribution in [1.82, 2.24) is 0 Å². The Bertz CT molecular complexity index is 993. The van der Waals surface area contributed by atoms with Gasteiger partial charge in [-0.05, 0) is 39.7 Å². The van der Waals surface area contributed by atoms with E-state index >= 15 is 0 Å². The molecule has 0 unspecified atom stereocenters. The molecule has 0 saturated carbocycles. The molecule has 12 nitrogen and oxygen atoms in total. The van der Waals surface area contributed by atoms with Crippen LogP contribution in [0.3, 0.4) is 0 Å². The monoisotopic (exact) mass is 640 g/mol. The molecule has 0 saturated heterocycles. The summed E-state index contributed by atoms with van der Waals surface area (Å²) in [5.74, 6) is 1.49. The molecule has 0 radical (unpaired) electrons. The van der Waals surface area contributed by atoms with Crippen LogP contribution < -0.4 is 37.3 Å². The molecule has 0 aromatic heterocycles. The summed E-state index contributed by atoms with van der Waals surface area (Å²) >= 11 is 0. The van der Waals surface area contributed by atoms with Crippen molar-refractivity contribution in [1.29, 1.82) is 0 Å². The number of aliphatic imine (C=N–C) groups is 2. The van der Waals surface area contributed by atoms with E-state index in [9.17, 15) is 0 Å². The van der Waals surface area contributed by atoms with Crippen LogP contribution in [0.5, 0.6) is 0 Å². The second-order valence-electron chi connectivity index (χ2n) is 8.72. The summed E-state index contributed by atoms with van der Waals surface area (Å²) in [6.07, 6.45) is 0.907. The fraction of sp³-hybridized carbons (Fsp3) is 0.417. The normalized spacial score (nSPS) is 18.2. The summed E-state index contributed by atoms with van der Waals surface area (Å²) < 4.78 is 79.5. The molecule has 0 spiro atoms. The van der Waals surface area contributed by atoms with Crippen LogP contribution in [0.4, 0.5) is 0 Å². The Labute approximate surface area is 244 Å². The molecule has 0 bridgehead atoms. The fourth-order valence-electron chi connectivity index (χ4n) is 3.19. The largest absolute Gasteiger partial charge is 2.00 e. The standard InChI is InChI=1S/C17H22N2O2.C7H8.2ClHO4.Zn/c1-12-10-20-15(18-12)17(2,3)16-19-14(11-21-16)9-13-7-5-4-6-8-13;1-7-5-3-2-4-6-7;2*2-1(3,4)5;/h4-8,12,14H,9-11H2,1-3H3;2-6H,1H3;2*(H,2,3,4,5);/q;;;;+2/p-2/t12-,14-;;;;/m0..../s1. The van der Waals surface area contributed by atoms with Gasteiger partial charge in [0.1, 0.15) is 18.6 Å². The third kappa shape index (κ3) is 18.3. The van der Waals surface area contributed by atoms with E-state index in [0.717, 1.165) is 18.2 Å². The Kier molecular flexibility index (Phi) is 16.4. The van der Waals surface area contributed by atoms with Crippen molar-refractivity contribution in [3.05, 3.63) is 71.8 Å². The number of hydrogen-bond acceptors (Lipinski definition) is 12. The molecule has 2 aliphatic rings. The third-order valence-electron chi connectivity index (χ3n) is 4.84. The van der Waals surface area contributed by atoms with E-state index in [1.807, 2.05) is 24.3 Å². The number of aryl methyl sites for hydroxylation is 1. The average molecular weight is 643 g/mol. The Hall–Kier alpha value is -1.74. The summed E-state index contributed by atoms with van der Waals surface area (Å²) in [6.45, 7) is 9.55. The zero-order valence-corrected chi connectivity index (χ0v) is 26.5. The molecule has 0 N–H and O–H groups in total. The minimum Gasteiger partial charge on any atom is -0.478 e. The molecule has 2 heterocycles. The van der Waals surface area contributed by atoms with Crippen molar-refractivity contribution in [3.63, 3.8) is 0 Å². The zero-order chi connectivity index (χ0) is 29.0. The molecule has 2 aromatic rings. The van der Waals surface area contributed by atoms with Gasteiger partial charge in [0.2, 0.25) is 0 Å². The first-order chi connectivity index (χ1) is 17.4. The van der Waals surface area contributed by atoms with E-state index < -0.39 is 20.5 Å². The first-order valence-corrected chi connectivity index (χ1v) is 13.6. The summed E-state index contributed by atoms with van der Waals surface area (Å²) in [4.78, 5) is 9.31. The van der Waals surface area contributed by atoms with Gasteiger partial charge in [-0.3, -0.25) is 0 Å². The van der Waals surface area contributed by atoms with Gasteiger partial charge in [-0.25, -0.2) is 47.3 Å². The van der Waals surface area contributed by atoms with Crippen LogP contribution in [0, 0.1) is 32.8 Å². The molecule has 2 aliphatic heterocycles. The van der Waals surface area contributed by atoms with Crippen LogP contribution in [-0.2, 0) is 35.4 Å². The van der Waals surface area contributed by atoms with Crippen LogP contribution in [0.15, 0.2) is 70.6 Å². The quantitative estimate of drug-likeness (QED) is 0.290. The van der Waals surface area contributed by atoms with Crippen molar-refractivity contribution in [2.45, 2.75) is 46.2 Å². The van der Waals surface area contributed by atoms with E-state index in [4.69, 9.17) is 51.7 Å². The minimum atomic E-state index is -4.94. The average Bonchev–Trinajstić information content (AvgIpc) is 3.43.